The molecule has 10 heteroatoms. The van der Waals surface area contributed by atoms with Crippen LogP contribution in [0.1, 0.15) is 5.56 Å². The van der Waals surface area contributed by atoms with Crippen molar-refractivity contribution in [1.82, 2.24) is 9.78 Å². The van der Waals surface area contributed by atoms with Gasteiger partial charge < -0.3 is 0 Å². The molecular weight excluding hydrogens is 592 g/mol. The molecule has 0 atom stereocenters. The smallest absolute Gasteiger partial charge is 0.223 e. The molecule has 0 amide bonds. The first-order valence-electron chi connectivity index (χ1n) is 9.70. The van der Waals surface area contributed by atoms with Gasteiger partial charge in [0.15, 0.2) is 14.9 Å². The van der Waals surface area contributed by atoms with Gasteiger partial charge in [0, 0.05) is 27.1 Å². The summed E-state index contributed by atoms with van der Waals surface area (Å²) in [7, 11) is -6.42. The van der Waals surface area contributed by atoms with Gasteiger partial charge in [-0.05, 0) is 48.5 Å². The maximum atomic E-state index is 13.6. The minimum Gasteiger partial charge on any atom is -0.256 e. The number of halogens is 2. The highest BCUT2D eigenvalue weighted by atomic mass is 79.9. The van der Waals surface area contributed by atoms with Gasteiger partial charge in [-0.25, -0.2) is 16.8 Å². The van der Waals surface area contributed by atoms with E-state index in [-0.39, 0.29) is 20.4 Å². The van der Waals surface area contributed by atoms with Crippen LogP contribution in [-0.2, 0) is 32.5 Å². The van der Waals surface area contributed by atoms with Gasteiger partial charge in [-0.15, -0.1) is 0 Å². The monoisotopic (exact) mass is 608 g/mol. The second-order valence-corrected chi connectivity index (χ2v) is 13.0. The van der Waals surface area contributed by atoms with Crippen LogP contribution in [0, 0.1) is 0 Å². The third-order valence-corrected chi connectivity index (χ3v) is 9.65. The molecule has 0 aliphatic carbocycles. The number of aromatic nitrogens is 2. The number of sulfone groups is 2. The Balaban J connectivity index is 1.94. The molecule has 3 aromatic carbocycles. The zero-order valence-electron chi connectivity index (χ0n) is 17.3. The highest BCUT2D eigenvalue weighted by Crippen LogP contribution is 2.34. The second kappa shape index (κ2) is 9.17. The van der Waals surface area contributed by atoms with Crippen molar-refractivity contribution in [2.75, 3.05) is 0 Å². The van der Waals surface area contributed by atoms with Crippen LogP contribution in [0.15, 0.2) is 103 Å². The molecule has 170 valence electrons. The predicted molar refractivity (Wildman–Crippen MR) is 133 cm³/mol. The van der Waals surface area contributed by atoms with Gasteiger partial charge in [-0.3, -0.25) is 4.68 Å². The fourth-order valence-corrected chi connectivity index (χ4v) is 7.08. The van der Waals surface area contributed by atoms with Gasteiger partial charge in [0.25, 0.3) is 0 Å². The van der Waals surface area contributed by atoms with Crippen molar-refractivity contribution in [1.29, 1.82) is 0 Å². The van der Waals surface area contributed by atoms with Crippen molar-refractivity contribution in [3.63, 3.8) is 0 Å². The van der Waals surface area contributed by atoms with Gasteiger partial charge in [0.05, 0.1) is 21.2 Å². The Hall–Kier alpha value is -2.27. The minimum atomic E-state index is -4.06. The third kappa shape index (κ3) is 4.84. The molecule has 0 saturated carbocycles. The summed E-state index contributed by atoms with van der Waals surface area (Å²) in [6.07, 6.45) is 0. The van der Waals surface area contributed by atoms with Crippen molar-refractivity contribution in [2.45, 2.75) is 20.6 Å². The average molecular weight is 610 g/mol. The molecule has 0 bridgehead atoms. The van der Waals surface area contributed by atoms with E-state index in [0.29, 0.717) is 11.3 Å². The standard InChI is InChI=1S/C23H18Br2N2O4S2/c1-27-23(33(30,31)20-13-9-18(25)10-14-20)21(22(26-27)16-5-3-2-4-6-16)15-32(28,29)19-11-7-17(24)8-12-19/h2-14H,15H2,1H3. The first-order valence-corrected chi connectivity index (χ1v) is 14.4. The van der Waals surface area contributed by atoms with Crippen LogP contribution in [0.25, 0.3) is 11.3 Å². The number of benzene rings is 3. The lowest BCUT2D eigenvalue weighted by Gasteiger charge is -2.10. The lowest BCUT2D eigenvalue weighted by atomic mass is 10.1. The van der Waals surface area contributed by atoms with Crippen LogP contribution in [0.4, 0.5) is 0 Å². The molecule has 33 heavy (non-hydrogen) atoms. The van der Waals surface area contributed by atoms with E-state index < -0.39 is 25.4 Å². The Kier molecular flexibility index (Phi) is 6.63. The van der Waals surface area contributed by atoms with Gasteiger partial charge in [0.2, 0.25) is 9.84 Å². The summed E-state index contributed by atoms with van der Waals surface area (Å²) < 4.78 is 56.6. The van der Waals surface area contributed by atoms with Crippen molar-refractivity contribution < 1.29 is 16.8 Å². The molecule has 0 radical (unpaired) electrons. The highest BCUT2D eigenvalue weighted by Gasteiger charge is 2.32. The van der Waals surface area contributed by atoms with Gasteiger partial charge in [0.1, 0.15) is 0 Å². The Labute approximate surface area is 209 Å². The van der Waals surface area contributed by atoms with E-state index in [1.54, 1.807) is 48.5 Å². The SMILES string of the molecule is Cn1nc(-c2ccccc2)c(CS(=O)(=O)c2ccc(Br)cc2)c1S(=O)(=O)c1ccc(Br)cc1. The summed E-state index contributed by atoms with van der Waals surface area (Å²) in [5.74, 6) is -0.516. The summed E-state index contributed by atoms with van der Waals surface area (Å²) in [6, 6.07) is 21.4. The number of hydrogen-bond donors (Lipinski definition) is 0. The third-order valence-electron chi connectivity index (χ3n) is 5.02. The largest absolute Gasteiger partial charge is 0.256 e. The lowest BCUT2D eigenvalue weighted by Crippen LogP contribution is -2.13. The van der Waals surface area contributed by atoms with Crippen molar-refractivity contribution in [3.8, 4) is 11.3 Å². The molecule has 4 aromatic rings. The van der Waals surface area contributed by atoms with E-state index in [0.717, 1.165) is 8.95 Å². The zero-order chi connectivity index (χ0) is 23.8. The van der Waals surface area contributed by atoms with Crippen molar-refractivity contribution in [3.05, 3.63) is 93.4 Å². The number of hydrogen-bond acceptors (Lipinski definition) is 5. The molecule has 4 rings (SSSR count). The molecule has 1 aromatic heterocycles. The van der Waals surface area contributed by atoms with Crippen molar-refractivity contribution >= 4 is 51.5 Å². The average Bonchev–Trinajstić information content (AvgIpc) is 3.10. The van der Waals surface area contributed by atoms with E-state index >= 15 is 0 Å². The topological polar surface area (TPSA) is 86.1 Å². The van der Waals surface area contributed by atoms with E-state index in [4.69, 9.17) is 0 Å². The Morgan fingerprint density at radius 1 is 0.758 bits per heavy atom. The summed E-state index contributed by atoms with van der Waals surface area (Å²) in [5, 5.41) is 4.29. The molecule has 0 aliphatic heterocycles. The maximum absolute atomic E-state index is 13.6. The molecule has 0 N–H and O–H groups in total. The zero-order valence-corrected chi connectivity index (χ0v) is 22.1. The summed E-state index contributed by atoms with van der Waals surface area (Å²) >= 11 is 6.61. The fourth-order valence-electron chi connectivity index (χ4n) is 3.49. The van der Waals surface area contributed by atoms with Crippen LogP contribution >= 0.6 is 31.9 Å². The van der Waals surface area contributed by atoms with Gasteiger partial charge >= 0.3 is 0 Å². The number of aryl methyl sites for hydroxylation is 1. The first-order chi connectivity index (χ1) is 15.6. The fraction of sp³-hybridized carbons (Fsp3) is 0.0870. The lowest BCUT2D eigenvalue weighted by molar-refractivity contribution is 0.574. The predicted octanol–water partition coefficient (Wildman–Crippen LogP) is 5.42. The Morgan fingerprint density at radius 2 is 1.27 bits per heavy atom. The summed E-state index contributed by atoms with van der Waals surface area (Å²) in [4.78, 5) is 0.149. The highest BCUT2D eigenvalue weighted by molar-refractivity contribution is 9.10. The maximum Gasteiger partial charge on any atom is 0.223 e. The summed E-state index contributed by atoms with van der Waals surface area (Å²) in [6.45, 7) is 0. The Bertz CT molecular complexity index is 1510. The molecule has 6 nitrogen and oxygen atoms in total. The van der Waals surface area contributed by atoms with Gasteiger partial charge in [-0.1, -0.05) is 62.2 Å². The first kappa shape index (κ1) is 23.9. The molecule has 0 spiro atoms. The van der Waals surface area contributed by atoms with Crippen LogP contribution in [-0.4, -0.2) is 26.6 Å². The second-order valence-electron chi connectivity index (χ2n) is 7.29. The summed E-state index contributed by atoms with van der Waals surface area (Å²) in [5.41, 5.74) is 1.08. The molecule has 0 aliphatic rings. The molecule has 0 unspecified atom stereocenters. The van der Waals surface area contributed by atoms with Gasteiger partial charge in [-0.2, -0.15) is 5.10 Å². The molecule has 0 saturated heterocycles. The van der Waals surface area contributed by atoms with Crippen molar-refractivity contribution in [2.24, 2.45) is 7.05 Å². The van der Waals surface area contributed by atoms with Crippen LogP contribution in [0.5, 0.6) is 0 Å². The molecule has 0 fully saturated rings. The van der Waals surface area contributed by atoms with E-state index in [9.17, 15) is 16.8 Å². The van der Waals surface area contributed by atoms with Crippen LogP contribution in [0.2, 0.25) is 0 Å². The Morgan fingerprint density at radius 3 is 1.82 bits per heavy atom. The number of nitrogens with zero attached hydrogens (tertiary/aromatic N) is 2. The molecule has 1 heterocycles. The molecular formula is C23H18Br2N2O4S2. The van der Waals surface area contributed by atoms with Crippen LogP contribution in [0.3, 0.4) is 0 Å². The minimum absolute atomic E-state index is 0.0515. The van der Waals surface area contributed by atoms with E-state index in [1.807, 2.05) is 6.07 Å². The normalized spacial score (nSPS) is 12.1. The van der Waals surface area contributed by atoms with E-state index in [2.05, 4.69) is 37.0 Å². The van der Waals surface area contributed by atoms with Crippen LogP contribution < -0.4 is 0 Å². The quantitative estimate of drug-likeness (QED) is 0.291. The number of rotatable bonds is 6. The van der Waals surface area contributed by atoms with E-state index in [1.165, 1.54) is 36.0 Å².